The van der Waals surface area contributed by atoms with Crippen LogP contribution in [0.25, 0.3) is 0 Å². The highest BCUT2D eigenvalue weighted by Gasteiger charge is 2.41. The van der Waals surface area contributed by atoms with Crippen molar-refractivity contribution in [1.29, 1.82) is 0 Å². The van der Waals surface area contributed by atoms with Crippen LogP contribution in [0.2, 0.25) is 0 Å². The van der Waals surface area contributed by atoms with Crippen molar-refractivity contribution >= 4 is 23.4 Å². The van der Waals surface area contributed by atoms with Crippen LogP contribution in [-0.2, 0) is 9.59 Å². The molecule has 1 aromatic rings. The van der Waals surface area contributed by atoms with Crippen LogP contribution in [-0.4, -0.2) is 34.8 Å². The smallest absolute Gasteiger partial charge is 0.261 e. The van der Waals surface area contributed by atoms with Gasteiger partial charge in [-0.3, -0.25) is 24.1 Å². The van der Waals surface area contributed by atoms with Gasteiger partial charge in [0, 0.05) is 19.4 Å². The lowest BCUT2D eigenvalue weighted by atomic mass is 9.70. The summed E-state index contributed by atoms with van der Waals surface area (Å²) in [5, 5.41) is 0. The molecule has 0 N–H and O–H groups in total. The van der Waals surface area contributed by atoms with Crippen molar-refractivity contribution in [2.45, 2.75) is 33.1 Å². The highest BCUT2D eigenvalue weighted by Crippen LogP contribution is 2.35. The molecule has 1 fully saturated rings. The summed E-state index contributed by atoms with van der Waals surface area (Å²) >= 11 is 0. The van der Waals surface area contributed by atoms with Gasteiger partial charge < -0.3 is 0 Å². The van der Waals surface area contributed by atoms with Crippen molar-refractivity contribution in [2.75, 3.05) is 6.54 Å². The molecule has 0 bridgehead atoms. The fourth-order valence-electron chi connectivity index (χ4n) is 3.45. The summed E-state index contributed by atoms with van der Waals surface area (Å²) in [7, 11) is 0. The molecule has 0 unspecified atom stereocenters. The van der Waals surface area contributed by atoms with E-state index in [1.165, 1.54) is 0 Å². The van der Waals surface area contributed by atoms with Gasteiger partial charge in [0.25, 0.3) is 11.8 Å². The van der Waals surface area contributed by atoms with Gasteiger partial charge in [-0.15, -0.1) is 0 Å². The number of nitrogens with zero attached hydrogens (tertiary/aromatic N) is 1. The van der Waals surface area contributed by atoms with Gasteiger partial charge in [0.2, 0.25) is 0 Å². The molecule has 1 aliphatic heterocycles. The minimum absolute atomic E-state index is 0.0807. The van der Waals surface area contributed by atoms with Gasteiger partial charge in [0.15, 0.2) is 0 Å². The van der Waals surface area contributed by atoms with Crippen molar-refractivity contribution in [1.82, 2.24) is 4.90 Å². The number of fused-ring (bicyclic) bond motifs is 1. The maximum absolute atomic E-state index is 12.3. The van der Waals surface area contributed by atoms with Crippen molar-refractivity contribution in [3.8, 4) is 0 Å². The number of Topliss-reactive ketones (excluding diaryl/α,β-unsaturated/α-hetero) is 2. The average Bonchev–Trinajstić information content (AvgIpc) is 2.70. The standard InChI is InChI=1S/C18H19NO4/c1-18(2)9-14(20)13(15(21)10-18)7-8-19-16(22)11-5-3-4-6-12(11)17(19)23/h3-6,13H,7-10H2,1-2H3. The molecule has 1 saturated carbocycles. The number of ketones is 2. The number of rotatable bonds is 3. The number of imide groups is 1. The first kappa shape index (κ1) is 15.6. The van der Waals surface area contributed by atoms with Gasteiger partial charge in [0.05, 0.1) is 17.0 Å². The van der Waals surface area contributed by atoms with E-state index in [2.05, 4.69) is 0 Å². The molecule has 0 radical (unpaired) electrons. The molecule has 5 heteroatoms. The first-order chi connectivity index (χ1) is 10.8. The van der Waals surface area contributed by atoms with E-state index in [0.717, 1.165) is 4.90 Å². The molecule has 23 heavy (non-hydrogen) atoms. The molecule has 2 amide bonds. The van der Waals surface area contributed by atoms with Gasteiger partial charge in [-0.05, 0) is 24.0 Å². The molecular weight excluding hydrogens is 294 g/mol. The molecule has 0 atom stereocenters. The van der Waals surface area contributed by atoms with Crippen molar-refractivity contribution in [3.63, 3.8) is 0 Å². The maximum atomic E-state index is 12.3. The Morgan fingerprint density at radius 3 is 1.91 bits per heavy atom. The van der Waals surface area contributed by atoms with E-state index in [1.807, 2.05) is 13.8 Å². The zero-order chi connectivity index (χ0) is 16.8. The molecular formula is C18H19NO4. The molecule has 0 saturated heterocycles. The van der Waals surface area contributed by atoms with E-state index < -0.39 is 5.92 Å². The van der Waals surface area contributed by atoms with E-state index in [-0.39, 0.29) is 41.8 Å². The van der Waals surface area contributed by atoms with Gasteiger partial charge in [-0.25, -0.2) is 0 Å². The third-order valence-electron chi connectivity index (χ3n) is 4.60. The summed E-state index contributed by atoms with van der Waals surface area (Å²) in [4.78, 5) is 50.1. The maximum Gasteiger partial charge on any atom is 0.261 e. The fraction of sp³-hybridized carbons (Fsp3) is 0.444. The minimum Gasteiger partial charge on any atom is -0.299 e. The summed E-state index contributed by atoms with van der Waals surface area (Å²) in [5.41, 5.74) is 0.486. The molecule has 0 spiro atoms. The predicted octanol–water partition coefficient (Wildman–Crippen LogP) is 2.25. The number of carbonyl (C=O) groups is 4. The average molecular weight is 313 g/mol. The summed E-state index contributed by atoms with van der Waals surface area (Å²) in [6, 6.07) is 6.66. The quantitative estimate of drug-likeness (QED) is 0.634. The van der Waals surface area contributed by atoms with Gasteiger partial charge >= 0.3 is 0 Å². The van der Waals surface area contributed by atoms with Crippen LogP contribution < -0.4 is 0 Å². The first-order valence-electron chi connectivity index (χ1n) is 7.81. The van der Waals surface area contributed by atoms with Crippen LogP contribution in [0.15, 0.2) is 24.3 Å². The predicted molar refractivity (Wildman–Crippen MR) is 82.9 cm³/mol. The SMILES string of the molecule is CC1(C)CC(=O)C(CCN2C(=O)c3ccccc3C2=O)C(=O)C1. The second-order valence-corrected chi connectivity index (χ2v) is 7.10. The van der Waals surface area contributed by atoms with E-state index in [0.29, 0.717) is 24.0 Å². The highest BCUT2D eigenvalue weighted by atomic mass is 16.2. The molecule has 1 aliphatic carbocycles. The monoisotopic (exact) mass is 313 g/mol. The van der Waals surface area contributed by atoms with E-state index >= 15 is 0 Å². The van der Waals surface area contributed by atoms with Crippen LogP contribution in [0.5, 0.6) is 0 Å². The lowest BCUT2D eigenvalue weighted by Crippen LogP contribution is -2.40. The van der Waals surface area contributed by atoms with Crippen LogP contribution >= 0.6 is 0 Å². The molecule has 1 aromatic carbocycles. The Hall–Kier alpha value is -2.30. The van der Waals surface area contributed by atoms with E-state index in [9.17, 15) is 19.2 Å². The number of hydrogen-bond donors (Lipinski definition) is 0. The summed E-state index contributed by atoms with van der Waals surface area (Å²) in [6.07, 6.45) is 0.955. The normalized spacial score (nSPS) is 21.0. The van der Waals surface area contributed by atoms with Crippen LogP contribution in [0.1, 0.15) is 53.8 Å². The highest BCUT2D eigenvalue weighted by molar-refractivity contribution is 6.21. The molecule has 5 nitrogen and oxygen atoms in total. The molecule has 1 heterocycles. The van der Waals surface area contributed by atoms with Gasteiger partial charge in [-0.1, -0.05) is 26.0 Å². The van der Waals surface area contributed by atoms with E-state index in [4.69, 9.17) is 0 Å². The summed E-state index contributed by atoms with van der Waals surface area (Å²) in [5.74, 6) is -1.54. The zero-order valence-electron chi connectivity index (χ0n) is 13.3. The van der Waals surface area contributed by atoms with Crippen molar-refractivity contribution in [3.05, 3.63) is 35.4 Å². The van der Waals surface area contributed by atoms with Gasteiger partial charge in [-0.2, -0.15) is 0 Å². The summed E-state index contributed by atoms with van der Waals surface area (Å²) in [6.45, 7) is 3.92. The summed E-state index contributed by atoms with van der Waals surface area (Å²) < 4.78 is 0. The molecule has 3 rings (SSSR count). The fourth-order valence-corrected chi connectivity index (χ4v) is 3.45. The second-order valence-electron chi connectivity index (χ2n) is 7.10. The minimum atomic E-state index is -0.688. The Balaban J connectivity index is 1.70. The van der Waals surface area contributed by atoms with Crippen LogP contribution in [0, 0.1) is 11.3 Å². The number of hydrogen-bond acceptors (Lipinski definition) is 4. The Kier molecular flexibility index (Phi) is 3.66. The molecule has 120 valence electrons. The number of carbonyl (C=O) groups excluding carboxylic acids is 4. The lowest BCUT2D eigenvalue weighted by molar-refractivity contribution is -0.139. The Bertz CT molecular complexity index is 664. The van der Waals surface area contributed by atoms with Gasteiger partial charge in [0.1, 0.15) is 11.6 Å². The number of benzene rings is 1. The van der Waals surface area contributed by atoms with Crippen LogP contribution in [0.3, 0.4) is 0 Å². The largest absolute Gasteiger partial charge is 0.299 e. The van der Waals surface area contributed by atoms with E-state index in [1.54, 1.807) is 24.3 Å². The third kappa shape index (κ3) is 2.71. The Labute approximate surface area is 134 Å². The van der Waals surface area contributed by atoms with Crippen molar-refractivity contribution in [2.24, 2.45) is 11.3 Å². The second kappa shape index (κ2) is 5.41. The van der Waals surface area contributed by atoms with Crippen LogP contribution in [0.4, 0.5) is 0 Å². The molecule has 0 aromatic heterocycles. The molecule has 2 aliphatic rings. The topological polar surface area (TPSA) is 71.5 Å². The number of amides is 2. The Morgan fingerprint density at radius 2 is 1.43 bits per heavy atom. The Morgan fingerprint density at radius 1 is 0.957 bits per heavy atom. The van der Waals surface area contributed by atoms with Crippen molar-refractivity contribution < 1.29 is 19.2 Å². The zero-order valence-corrected chi connectivity index (χ0v) is 13.3. The lowest BCUT2D eigenvalue weighted by Gasteiger charge is -2.32. The third-order valence-corrected chi connectivity index (χ3v) is 4.60. The first-order valence-corrected chi connectivity index (χ1v) is 7.81.